The molecule has 0 bridgehead atoms. The van der Waals surface area contributed by atoms with Crippen LogP contribution in [-0.2, 0) is 4.79 Å². The average molecular weight is 309 g/mol. The van der Waals surface area contributed by atoms with E-state index < -0.39 is 0 Å². The molecule has 1 rings (SSSR count). The SMILES string of the molecule is C=C(C)CN=C(N)NCCCC(=O)Nc1ccc(Cl)cc1. The number of carbonyl (C=O) groups excluding carboxylic acids is 1. The van der Waals surface area contributed by atoms with Crippen LogP contribution in [0.25, 0.3) is 0 Å². The first kappa shape index (κ1) is 17.0. The summed E-state index contributed by atoms with van der Waals surface area (Å²) < 4.78 is 0. The average Bonchev–Trinajstić information content (AvgIpc) is 2.44. The van der Waals surface area contributed by atoms with Crippen LogP contribution in [-0.4, -0.2) is 25.0 Å². The third-order valence-electron chi connectivity index (χ3n) is 2.53. The minimum Gasteiger partial charge on any atom is -0.370 e. The molecule has 21 heavy (non-hydrogen) atoms. The Balaban J connectivity index is 2.20. The van der Waals surface area contributed by atoms with Gasteiger partial charge in [0, 0.05) is 23.7 Å². The Morgan fingerprint density at radius 2 is 2.05 bits per heavy atom. The molecule has 5 nitrogen and oxygen atoms in total. The number of aliphatic imine (C=N–C) groups is 1. The Bertz CT molecular complexity index is 511. The van der Waals surface area contributed by atoms with Crippen LogP contribution in [0, 0.1) is 0 Å². The van der Waals surface area contributed by atoms with Crippen molar-refractivity contribution in [2.75, 3.05) is 18.4 Å². The first-order valence-corrected chi connectivity index (χ1v) is 7.09. The highest BCUT2D eigenvalue weighted by Gasteiger charge is 2.02. The minimum absolute atomic E-state index is 0.0448. The van der Waals surface area contributed by atoms with E-state index in [1.165, 1.54) is 0 Å². The number of rotatable bonds is 7. The fourth-order valence-corrected chi connectivity index (χ4v) is 1.62. The molecule has 0 spiro atoms. The van der Waals surface area contributed by atoms with Crippen molar-refractivity contribution >= 4 is 29.2 Å². The molecule has 4 N–H and O–H groups in total. The molecule has 0 radical (unpaired) electrons. The van der Waals surface area contributed by atoms with Crippen molar-refractivity contribution in [2.24, 2.45) is 10.7 Å². The zero-order valence-electron chi connectivity index (χ0n) is 12.2. The maximum atomic E-state index is 11.7. The second-order valence-corrected chi connectivity index (χ2v) is 5.18. The zero-order valence-corrected chi connectivity index (χ0v) is 12.9. The number of nitrogens with zero attached hydrogens (tertiary/aromatic N) is 1. The van der Waals surface area contributed by atoms with E-state index >= 15 is 0 Å². The van der Waals surface area contributed by atoms with Crippen LogP contribution >= 0.6 is 11.6 Å². The number of amides is 1. The quantitative estimate of drug-likeness (QED) is 0.313. The first-order chi connectivity index (χ1) is 9.97. The third-order valence-corrected chi connectivity index (χ3v) is 2.79. The van der Waals surface area contributed by atoms with E-state index in [-0.39, 0.29) is 5.91 Å². The number of anilines is 1. The molecule has 0 atom stereocenters. The van der Waals surface area contributed by atoms with E-state index in [2.05, 4.69) is 22.2 Å². The summed E-state index contributed by atoms with van der Waals surface area (Å²) in [5.41, 5.74) is 7.34. The van der Waals surface area contributed by atoms with E-state index in [1.807, 2.05) is 6.92 Å². The molecule has 0 unspecified atom stereocenters. The highest BCUT2D eigenvalue weighted by atomic mass is 35.5. The molecule has 0 saturated heterocycles. The number of benzene rings is 1. The number of guanidine groups is 1. The second kappa shape index (κ2) is 9.02. The number of hydrogen-bond acceptors (Lipinski definition) is 2. The van der Waals surface area contributed by atoms with Gasteiger partial charge in [0.05, 0.1) is 6.54 Å². The van der Waals surface area contributed by atoms with Crippen molar-refractivity contribution in [3.63, 3.8) is 0 Å². The maximum absolute atomic E-state index is 11.7. The van der Waals surface area contributed by atoms with Gasteiger partial charge in [0.1, 0.15) is 0 Å². The summed E-state index contributed by atoms with van der Waals surface area (Å²) >= 11 is 5.78. The van der Waals surface area contributed by atoms with Crippen molar-refractivity contribution in [1.82, 2.24) is 5.32 Å². The summed E-state index contributed by atoms with van der Waals surface area (Å²) in [7, 11) is 0. The highest BCUT2D eigenvalue weighted by Crippen LogP contribution is 2.13. The highest BCUT2D eigenvalue weighted by molar-refractivity contribution is 6.30. The summed E-state index contributed by atoms with van der Waals surface area (Å²) in [5, 5.41) is 6.39. The number of halogens is 1. The smallest absolute Gasteiger partial charge is 0.224 e. The van der Waals surface area contributed by atoms with Crippen LogP contribution in [0.2, 0.25) is 5.02 Å². The number of nitrogens with two attached hydrogens (primary N) is 1. The molecule has 0 aromatic heterocycles. The summed E-state index contributed by atoms with van der Waals surface area (Å²) in [6.07, 6.45) is 1.08. The molecule has 0 aliphatic rings. The normalized spacial score (nSPS) is 11.0. The van der Waals surface area contributed by atoms with Gasteiger partial charge in [-0.05, 0) is 37.6 Å². The van der Waals surface area contributed by atoms with Gasteiger partial charge in [-0.1, -0.05) is 23.8 Å². The van der Waals surface area contributed by atoms with Crippen LogP contribution in [0.15, 0.2) is 41.4 Å². The Morgan fingerprint density at radius 1 is 1.38 bits per heavy atom. The fraction of sp³-hybridized carbons (Fsp3) is 0.333. The molecule has 1 amide bonds. The van der Waals surface area contributed by atoms with Crippen LogP contribution < -0.4 is 16.4 Å². The summed E-state index contributed by atoms with van der Waals surface area (Å²) in [5.74, 6) is 0.327. The van der Waals surface area contributed by atoms with Gasteiger partial charge in [-0.3, -0.25) is 4.79 Å². The molecule has 0 fully saturated rings. The number of hydrogen-bond donors (Lipinski definition) is 3. The molecule has 0 heterocycles. The van der Waals surface area contributed by atoms with E-state index in [1.54, 1.807) is 24.3 Å². The van der Waals surface area contributed by atoms with Crippen molar-refractivity contribution < 1.29 is 4.79 Å². The zero-order chi connectivity index (χ0) is 15.7. The van der Waals surface area contributed by atoms with Gasteiger partial charge in [0.2, 0.25) is 5.91 Å². The van der Waals surface area contributed by atoms with Crippen molar-refractivity contribution in [3.8, 4) is 0 Å². The van der Waals surface area contributed by atoms with Gasteiger partial charge >= 0.3 is 0 Å². The Hall–Kier alpha value is -2.01. The Morgan fingerprint density at radius 3 is 2.67 bits per heavy atom. The largest absolute Gasteiger partial charge is 0.370 e. The molecular weight excluding hydrogens is 288 g/mol. The van der Waals surface area contributed by atoms with Gasteiger partial charge in [-0.15, -0.1) is 0 Å². The minimum atomic E-state index is -0.0448. The van der Waals surface area contributed by atoms with Crippen molar-refractivity contribution in [1.29, 1.82) is 0 Å². The van der Waals surface area contributed by atoms with Gasteiger partial charge in [0.25, 0.3) is 0 Å². The lowest BCUT2D eigenvalue weighted by atomic mass is 10.2. The third kappa shape index (κ3) is 7.99. The standard InChI is InChI=1S/C15H21ClN4O/c1-11(2)10-19-15(17)18-9-3-4-14(21)20-13-7-5-12(16)6-8-13/h5-8H,1,3-4,9-10H2,2H3,(H,20,21)(H3,17,18,19). The predicted molar refractivity (Wildman–Crippen MR) is 88.6 cm³/mol. The summed E-state index contributed by atoms with van der Waals surface area (Å²) in [6.45, 7) is 6.73. The summed E-state index contributed by atoms with van der Waals surface area (Å²) in [4.78, 5) is 15.8. The topological polar surface area (TPSA) is 79.5 Å². The van der Waals surface area contributed by atoms with Crippen LogP contribution in [0.5, 0.6) is 0 Å². The van der Waals surface area contributed by atoms with Crippen LogP contribution in [0.1, 0.15) is 19.8 Å². The first-order valence-electron chi connectivity index (χ1n) is 6.71. The molecule has 1 aromatic carbocycles. The molecule has 0 saturated carbocycles. The summed E-state index contributed by atoms with van der Waals surface area (Å²) in [6, 6.07) is 7.00. The maximum Gasteiger partial charge on any atom is 0.224 e. The number of carbonyl (C=O) groups is 1. The van der Waals surface area contributed by atoms with Crippen molar-refractivity contribution in [2.45, 2.75) is 19.8 Å². The number of nitrogens with one attached hydrogen (secondary N) is 2. The molecule has 6 heteroatoms. The molecule has 114 valence electrons. The van der Waals surface area contributed by atoms with Gasteiger partial charge in [-0.25, -0.2) is 4.99 Å². The second-order valence-electron chi connectivity index (χ2n) is 4.74. The lowest BCUT2D eigenvalue weighted by Gasteiger charge is -2.07. The van der Waals surface area contributed by atoms with Gasteiger partial charge < -0.3 is 16.4 Å². The Kier molecular flexibility index (Phi) is 7.32. The molecule has 0 aliphatic heterocycles. The van der Waals surface area contributed by atoms with E-state index in [0.29, 0.717) is 36.9 Å². The van der Waals surface area contributed by atoms with Crippen molar-refractivity contribution in [3.05, 3.63) is 41.4 Å². The Labute approximate surface area is 130 Å². The predicted octanol–water partition coefficient (Wildman–Crippen LogP) is 2.54. The fourth-order valence-electron chi connectivity index (χ4n) is 1.50. The monoisotopic (exact) mass is 308 g/mol. The molecule has 0 aliphatic carbocycles. The van der Waals surface area contributed by atoms with E-state index in [4.69, 9.17) is 17.3 Å². The van der Waals surface area contributed by atoms with Crippen LogP contribution in [0.4, 0.5) is 5.69 Å². The molecular formula is C15H21ClN4O. The van der Waals surface area contributed by atoms with Gasteiger partial charge in [-0.2, -0.15) is 0 Å². The lowest BCUT2D eigenvalue weighted by Crippen LogP contribution is -2.33. The molecule has 1 aromatic rings. The van der Waals surface area contributed by atoms with Crippen LogP contribution in [0.3, 0.4) is 0 Å². The van der Waals surface area contributed by atoms with E-state index in [0.717, 1.165) is 11.3 Å². The lowest BCUT2D eigenvalue weighted by molar-refractivity contribution is -0.116. The van der Waals surface area contributed by atoms with Gasteiger partial charge in [0.15, 0.2) is 5.96 Å². The van der Waals surface area contributed by atoms with E-state index in [9.17, 15) is 4.79 Å².